The van der Waals surface area contributed by atoms with Crippen LogP contribution in [0.25, 0.3) is 0 Å². The highest BCUT2D eigenvalue weighted by atomic mass is 127. The highest BCUT2D eigenvalue weighted by Gasteiger charge is 2.23. The monoisotopic (exact) mass is 460 g/mol. The Morgan fingerprint density at radius 3 is 2.84 bits per heavy atom. The van der Waals surface area contributed by atoms with Gasteiger partial charge in [-0.05, 0) is 51.3 Å². The van der Waals surface area contributed by atoms with E-state index in [0.717, 1.165) is 36.6 Å². The Kier molecular flexibility index (Phi) is 9.81. The molecule has 1 aromatic carbocycles. The number of hydrogen-bond acceptors (Lipinski definition) is 3. The lowest BCUT2D eigenvalue weighted by Crippen LogP contribution is -2.41. The van der Waals surface area contributed by atoms with Crippen molar-refractivity contribution in [2.24, 2.45) is 4.99 Å². The Labute approximate surface area is 167 Å². The van der Waals surface area contributed by atoms with Gasteiger partial charge in [-0.3, -0.25) is 4.79 Å². The Hall–Kier alpha value is -1.35. The maximum Gasteiger partial charge on any atom is 0.253 e. The summed E-state index contributed by atoms with van der Waals surface area (Å²) < 4.78 is 5.41. The van der Waals surface area contributed by atoms with Crippen molar-refractivity contribution in [2.45, 2.75) is 52.3 Å². The maximum absolute atomic E-state index is 12.1. The summed E-state index contributed by atoms with van der Waals surface area (Å²) >= 11 is 0. The first kappa shape index (κ1) is 21.7. The van der Waals surface area contributed by atoms with Crippen LogP contribution < -0.4 is 16.0 Å². The van der Waals surface area contributed by atoms with Gasteiger partial charge in [0.1, 0.15) is 6.10 Å². The number of nitrogens with one attached hydrogen (secondary N) is 3. The Bertz CT molecular complexity index is 572. The summed E-state index contributed by atoms with van der Waals surface area (Å²) in [6, 6.07) is 8.09. The number of halogens is 1. The molecule has 1 saturated heterocycles. The van der Waals surface area contributed by atoms with Gasteiger partial charge in [0.15, 0.2) is 5.96 Å². The Balaban J connectivity index is 0.00000312. The fourth-order valence-corrected chi connectivity index (χ4v) is 2.52. The van der Waals surface area contributed by atoms with Crippen LogP contribution in [0.2, 0.25) is 0 Å². The zero-order valence-corrected chi connectivity index (χ0v) is 17.5. The molecule has 1 atom stereocenters. The maximum atomic E-state index is 12.1. The predicted octanol–water partition coefficient (Wildman–Crippen LogP) is 2.89. The lowest BCUT2D eigenvalue weighted by molar-refractivity contribution is -0.124. The molecule has 0 aromatic heterocycles. The summed E-state index contributed by atoms with van der Waals surface area (Å²) in [5.74, 6) is 0.726. The minimum Gasteiger partial charge on any atom is -0.368 e. The summed E-state index contributed by atoms with van der Waals surface area (Å²) in [5, 5.41) is 9.43. The normalized spacial score (nSPS) is 17.1. The van der Waals surface area contributed by atoms with Gasteiger partial charge >= 0.3 is 0 Å². The highest BCUT2D eigenvalue weighted by molar-refractivity contribution is 14.0. The molecule has 7 heteroatoms. The van der Waals surface area contributed by atoms with Crippen molar-refractivity contribution >= 4 is 41.5 Å². The molecule has 3 N–H and O–H groups in total. The van der Waals surface area contributed by atoms with Crippen molar-refractivity contribution < 1.29 is 9.53 Å². The molecule has 1 aromatic rings. The number of guanidine groups is 1. The summed E-state index contributed by atoms with van der Waals surface area (Å²) in [7, 11) is 0. The Morgan fingerprint density at radius 1 is 1.40 bits per heavy atom. The third kappa shape index (κ3) is 7.60. The quantitative estimate of drug-likeness (QED) is 0.347. The van der Waals surface area contributed by atoms with E-state index in [4.69, 9.17) is 4.74 Å². The van der Waals surface area contributed by atoms with E-state index in [0.29, 0.717) is 19.2 Å². The van der Waals surface area contributed by atoms with Crippen molar-refractivity contribution in [2.75, 3.05) is 18.5 Å². The number of rotatable bonds is 6. The molecule has 1 aliphatic heterocycles. The van der Waals surface area contributed by atoms with Crippen LogP contribution in [0.5, 0.6) is 0 Å². The molecule has 6 nitrogen and oxygen atoms in total. The first-order chi connectivity index (χ1) is 11.6. The van der Waals surface area contributed by atoms with Crippen molar-refractivity contribution in [3.63, 3.8) is 0 Å². The highest BCUT2D eigenvalue weighted by Crippen LogP contribution is 2.16. The molecule has 0 radical (unpaired) electrons. The minimum absolute atomic E-state index is 0. The average molecular weight is 460 g/mol. The van der Waals surface area contributed by atoms with Crippen LogP contribution in [0.3, 0.4) is 0 Å². The van der Waals surface area contributed by atoms with E-state index < -0.39 is 0 Å². The number of hydrogen-bond donors (Lipinski definition) is 3. The van der Waals surface area contributed by atoms with Crippen molar-refractivity contribution in [1.82, 2.24) is 10.6 Å². The molecule has 1 heterocycles. The molecular formula is C18H29IN4O2. The molecule has 0 aliphatic carbocycles. The number of ether oxygens (including phenoxy) is 1. The zero-order chi connectivity index (χ0) is 17.4. The van der Waals surface area contributed by atoms with Crippen LogP contribution in [-0.2, 0) is 16.1 Å². The van der Waals surface area contributed by atoms with Gasteiger partial charge in [-0.15, -0.1) is 24.0 Å². The zero-order valence-electron chi connectivity index (χ0n) is 15.2. The van der Waals surface area contributed by atoms with Gasteiger partial charge in [-0.1, -0.05) is 12.1 Å². The van der Waals surface area contributed by atoms with Crippen LogP contribution in [0.1, 0.15) is 39.2 Å². The molecular weight excluding hydrogens is 431 g/mol. The van der Waals surface area contributed by atoms with Gasteiger partial charge in [0.2, 0.25) is 0 Å². The van der Waals surface area contributed by atoms with Crippen LogP contribution in [0.4, 0.5) is 5.69 Å². The second-order valence-corrected chi connectivity index (χ2v) is 6.19. The molecule has 1 amide bonds. The molecule has 1 unspecified atom stereocenters. The molecule has 0 saturated carbocycles. The van der Waals surface area contributed by atoms with E-state index in [9.17, 15) is 4.79 Å². The van der Waals surface area contributed by atoms with Crippen molar-refractivity contribution in [3.8, 4) is 0 Å². The van der Waals surface area contributed by atoms with E-state index >= 15 is 0 Å². The lowest BCUT2D eigenvalue weighted by Gasteiger charge is -2.14. The van der Waals surface area contributed by atoms with E-state index in [1.807, 2.05) is 31.2 Å². The molecule has 0 spiro atoms. The standard InChI is InChI=1S/C18H28N4O2.HI/c1-4-19-18(21-13(2)3)20-12-14-7-5-8-15(11-14)22-17(23)16-9-6-10-24-16;/h5,7-8,11,13,16H,4,6,9-10,12H2,1-3H3,(H,22,23)(H2,19,20,21);1H. The number of benzene rings is 1. The second-order valence-electron chi connectivity index (χ2n) is 6.19. The Morgan fingerprint density at radius 2 is 2.20 bits per heavy atom. The summed E-state index contributed by atoms with van der Waals surface area (Å²) in [6.45, 7) is 8.23. The number of amides is 1. The minimum atomic E-state index is -0.317. The van der Waals surface area contributed by atoms with Gasteiger partial charge in [0.25, 0.3) is 5.91 Å². The molecule has 25 heavy (non-hydrogen) atoms. The van der Waals surface area contributed by atoms with Gasteiger partial charge in [0.05, 0.1) is 6.54 Å². The third-order valence-electron chi connectivity index (χ3n) is 3.61. The number of anilines is 1. The van der Waals surface area contributed by atoms with E-state index in [1.165, 1.54) is 0 Å². The van der Waals surface area contributed by atoms with Crippen molar-refractivity contribution in [1.29, 1.82) is 0 Å². The first-order valence-corrected chi connectivity index (χ1v) is 8.64. The van der Waals surface area contributed by atoms with Gasteiger partial charge < -0.3 is 20.7 Å². The average Bonchev–Trinajstić information content (AvgIpc) is 3.07. The van der Waals surface area contributed by atoms with E-state index in [1.54, 1.807) is 0 Å². The predicted molar refractivity (Wildman–Crippen MR) is 113 cm³/mol. The van der Waals surface area contributed by atoms with Gasteiger partial charge in [-0.2, -0.15) is 0 Å². The fraction of sp³-hybridized carbons (Fsp3) is 0.556. The summed E-state index contributed by atoms with van der Waals surface area (Å²) in [4.78, 5) is 16.7. The first-order valence-electron chi connectivity index (χ1n) is 8.64. The summed E-state index contributed by atoms with van der Waals surface area (Å²) in [6.07, 6.45) is 1.42. The molecule has 2 rings (SSSR count). The molecule has 0 bridgehead atoms. The van der Waals surface area contributed by atoms with E-state index in [2.05, 4.69) is 34.8 Å². The lowest BCUT2D eigenvalue weighted by atomic mass is 10.2. The SMILES string of the molecule is CCNC(=NCc1cccc(NC(=O)C2CCCO2)c1)NC(C)C.I. The van der Waals surface area contributed by atoms with E-state index in [-0.39, 0.29) is 36.0 Å². The van der Waals surface area contributed by atoms with Crippen LogP contribution in [0, 0.1) is 0 Å². The van der Waals surface area contributed by atoms with Crippen LogP contribution in [-0.4, -0.2) is 37.2 Å². The largest absolute Gasteiger partial charge is 0.368 e. The molecule has 1 aliphatic rings. The van der Waals surface area contributed by atoms with Crippen molar-refractivity contribution in [3.05, 3.63) is 29.8 Å². The summed E-state index contributed by atoms with van der Waals surface area (Å²) in [5.41, 5.74) is 1.83. The van der Waals surface area contributed by atoms with Crippen LogP contribution >= 0.6 is 24.0 Å². The smallest absolute Gasteiger partial charge is 0.253 e. The number of nitrogens with zero attached hydrogens (tertiary/aromatic N) is 1. The molecule has 1 fully saturated rings. The molecule has 140 valence electrons. The number of aliphatic imine (C=N–C) groups is 1. The van der Waals surface area contributed by atoms with Gasteiger partial charge in [0, 0.05) is 24.9 Å². The fourth-order valence-electron chi connectivity index (χ4n) is 2.52. The van der Waals surface area contributed by atoms with Crippen LogP contribution in [0.15, 0.2) is 29.3 Å². The topological polar surface area (TPSA) is 74.8 Å². The van der Waals surface area contributed by atoms with Gasteiger partial charge in [-0.25, -0.2) is 4.99 Å². The number of carbonyl (C=O) groups is 1. The number of carbonyl (C=O) groups excluding carboxylic acids is 1. The third-order valence-corrected chi connectivity index (χ3v) is 3.61. The second kappa shape index (κ2) is 11.3.